The van der Waals surface area contributed by atoms with Crippen molar-refractivity contribution in [3.05, 3.63) is 103 Å². The number of pyridine rings is 2. The number of benzene rings is 1. The number of hydrogen-bond donors (Lipinski definition) is 0. The summed E-state index contributed by atoms with van der Waals surface area (Å²) in [7, 11) is 0. The third kappa shape index (κ3) is 3.13. The van der Waals surface area contributed by atoms with E-state index in [9.17, 15) is 9.59 Å². The predicted octanol–water partition coefficient (Wildman–Crippen LogP) is 3.82. The first kappa shape index (κ1) is 20.2. The van der Waals surface area contributed by atoms with Gasteiger partial charge in [0.1, 0.15) is 11.3 Å². The van der Waals surface area contributed by atoms with Crippen molar-refractivity contribution in [3.63, 3.8) is 0 Å². The van der Waals surface area contributed by atoms with Crippen LogP contribution in [0.2, 0.25) is 5.02 Å². The first-order chi connectivity index (χ1) is 15.3. The van der Waals surface area contributed by atoms with Gasteiger partial charge in [-0.2, -0.15) is 5.10 Å². The van der Waals surface area contributed by atoms with Crippen LogP contribution in [0, 0.1) is 20.8 Å². The lowest BCUT2D eigenvalue weighted by Gasteiger charge is -2.14. The topological polar surface area (TPSA) is 74.2 Å². The molecule has 0 saturated heterocycles. The summed E-state index contributed by atoms with van der Waals surface area (Å²) in [6.45, 7) is 5.88. The minimum atomic E-state index is -0.197. The highest BCUT2D eigenvalue weighted by Gasteiger charge is 2.19. The number of fused-ring (bicyclic) bond motifs is 2. The number of halogens is 1. The summed E-state index contributed by atoms with van der Waals surface area (Å²) in [5, 5.41) is 6.26. The van der Waals surface area contributed by atoms with E-state index in [-0.39, 0.29) is 17.7 Å². The molecule has 8 heteroatoms. The summed E-state index contributed by atoms with van der Waals surface area (Å²) in [5.74, 6) is 0. The molecule has 0 fully saturated rings. The molecule has 0 amide bonds. The van der Waals surface area contributed by atoms with Crippen LogP contribution in [0.15, 0.2) is 64.3 Å². The molecule has 0 N–H and O–H groups in total. The largest absolute Gasteiger partial charge is 0.286 e. The van der Waals surface area contributed by atoms with Crippen LogP contribution in [0.3, 0.4) is 0 Å². The zero-order valence-corrected chi connectivity index (χ0v) is 18.6. The van der Waals surface area contributed by atoms with E-state index in [2.05, 4.69) is 4.98 Å². The second kappa shape index (κ2) is 7.46. The Labute approximate surface area is 188 Å². The quantitative estimate of drug-likeness (QED) is 0.423. The van der Waals surface area contributed by atoms with Crippen molar-refractivity contribution in [1.29, 1.82) is 0 Å². The van der Waals surface area contributed by atoms with E-state index in [4.69, 9.17) is 16.7 Å². The lowest BCUT2D eigenvalue weighted by Crippen LogP contribution is -2.25. The van der Waals surface area contributed by atoms with Crippen molar-refractivity contribution in [1.82, 2.24) is 23.7 Å². The molecule has 0 aliphatic heterocycles. The summed E-state index contributed by atoms with van der Waals surface area (Å²) in [4.78, 5) is 30.3. The molecule has 0 aliphatic rings. The minimum Gasteiger partial charge on any atom is -0.286 e. The third-order valence-electron chi connectivity index (χ3n) is 5.70. The van der Waals surface area contributed by atoms with E-state index >= 15 is 0 Å². The molecule has 32 heavy (non-hydrogen) atoms. The maximum Gasteiger partial charge on any atom is 0.258 e. The van der Waals surface area contributed by atoms with Crippen LogP contribution in [0.5, 0.6) is 0 Å². The fourth-order valence-electron chi connectivity index (χ4n) is 4.16. The molecule has 0 unspecified atom stereocenters. The maximum absolute atomic E-state index is 13.1. The minimum absolute atomic E-state index is 0.140. The Morgan fingerprint density at radius 1 is 0.969 bits per heavy atom. The van der Waals surface area contributed by atoms with Crippen molar-refractivity contribution < 1.29 is 0 Å². The lowest BCUT2D eigenvalue weighted by atomic mass is 10.1. The normalized spacial score (nSPS) is 11.5. The molecular formula is C24H20ClN5O2. The molecule has 0 spiro atoms. The van der Waals surface area contributed by atoms with Crippen LogP contribution in [0.25, 0.3) is 22.4 Å². The predicted molar refractivity (Wildman–Crippen MR) is 125 cm³/mol. The Bertz CT molecular complexity index is 1640. The number of rotatable bonds is 3. The fourth-order valence-corrected chi connectivity index (χ4v) is 4.33. The van der Waals surface area contributed by atoms with E-state index in [0.29, 0.717) is 22.0 Å². The Balaban J connectivity index is 1.80. The van der Waals surface area contributed by atoms with Crippen molar-refractivity contribution in [2.45, 2.75) is 27.3 Å². The molecule has 0 aliphatic carbocycles. The van der Waals surface area contributed by atoms with Crippen molar-refractivity contribution in [2.75, 3.05) is 0 Å². The number of aryl methyl sites for hydroxylation is 2. The van der Waals surface area contributed by atoms with Gasteiger partial charge in [-0.15, -0.1) is 0 Å². The standard InChI is InChI=1S/C24H20ClN5O2/c1-14-11-21(31)29(13-17-12-22(32)28-10-5-4-9-20(28)26-17)24-23(14)16(3)27-30(24)19-8-6-7-18(25)15(19)2/h4-12H,13H2,1-3H3. The zero-order valence-electron chi connectivity index (χ0n) is 17.8. The Morgan fingerprint density at radius 2 is 1.78 bits per heavy atom. The van der Waals surface area contributed by atoms with Gasteiger partial charge in [-0.1, -0.05) is 23.7 Å². The van der Waals surface area contributed by atoms with Gasteiger partial charge >= 0.3 is 0 Å². The summed E-state index contributed by atoms with van der Waals surface area (Å²) < 4.78 is 4.85. The van der Waals surface area contributed by atoms with Gasteiger partial charge in [0, 0.05) is 28.7 Å². The highest BCUT2D eigenvalue weighted by atomic mass is 35.5. The van der Waals surface area contributed by atoms with E-state index in [1.165, 1.54) is 10.5 Å². The molecule has 5 aromatic rings. The number of aromatic nitrogens is 5. The van der Waals surface area contributed by atoms with Gasteiger partial charge < -0.3 is 0 Å². The average molecular weight is 446 g/mol. The molecule has 5 rings (SSSR count). The van der Waals surface area contributed by atoms with Gasteiger partial charge in [-0.3, -0.25) is 18.6 Å². The van der Waals surface area contributed by atoms with E-state index < -0.39 is 0 Å². The second-order valence-corrected chi connectivity index (χ2v) is 8.25. The van der Waals surface area contributed by atoms with E-state index in [1.54, 1.807) is 33.6 Å². The molecule has 0 atom stereocenters. The lowest BCUT2D eigenvalue weighted by molar-refractivity contribution is 0.731. The molecule has 0 radical (unpaired) electrons. The summed E-state index contributed by atoms with van der Waals surface area (Å²) in [5.41, 5.74) is 4.59. The monoisotopic (exact) mass is 445 g/mol. The van der Waals surface area contributed by atoms with Gasteiger partial charge in [0.15, 0.2) is 0 Å². The van der Waals surface area contributed by atoms with Gasteiger partial charge in [0.05, 0.1) is 23.6 Å². The first-order valence-corrected chi connectivity index (χ1v) is 10.6. The number of nitrogens with zero attached hydrogens (tertiary/aromatic N) is 5. The van der Waals surface area contributed by atoms with Gasteiger partial charge in [0.25, 0.3) is 11.1 Å². The van der Waals surface area contributed by atoms with Crippen molar-refractivity contribution >= 4 is 28.3 Å². The molecule has 0 bridgehead atoms. The summed E-state index contributed by atoms with van der Waals surface area (Å²) >= 11 is 6.37. The number of hydrogen-bond acceptors (Lipinski definition) is 4. The highest BCUT2D eigenvalue weighted by molar-refractivity contribution is 6.31. The average Bonchev–Trinajstić information content (AvgIpc) is 3.10. The Morgan fingerprint density at radius 3 is 2.59 bits per heavy atom. The van der Waals surface area contributed by atoms with Crippen LogP contribution < -0.4 is 11.1 Å². The molecule has 4 heterocycles. The van der Waals surface area contributed by atoms with Crippen LogP contribution >= 0.6 is 11.6 Å². The van der Waals surface area contributed by atoms with E-state index in [1.807, 2.05) is 45.0 Å². The smallest absolute Gasteiger partial charge is 0.258 e. The summed E-state index contributed by atoms with van der Waals surface area (Å²) in [6.07, 6.45) is 1.67. The van der Waals surface area contributed by atoms with Gasteiger partial charge in [0.2, 0.25) is 0 Å². The van der Waals surface area contributed by atoms with Crippen LogP contribution in [0.1, 0.15) is 22.5 Å². The third-order valence-corrected chi connectivity index (χ3v) is 6.11. The second-order valence-electron chi connectivity index (χ2n) is 7.85. The van der Waals surface area contributed by atoms with Crippen molar-refractivity contribution in [2.24, 2.45) is 0 Å². The van der Waals surface area contributed by atoms with Crippen LogP contribution in [0.4, 0.5) is 0 Å². The van der Waals surface area contributed by atoms with E-state index in [0.717, 1.165) is 27.9 Å². The Hall–Kier alpha value is -3.71. The molecule has 4 aromatic heterocycles. The molecule has 1 aromatic carbocycles. The van der Waals surface area contributed by atoms with Crippen LogP contribution in [-0.4, -0.2) is 23.7 Å². The van der Waals surface area contributed by atoms with Crippen LogP contribution in [-0.2, 0) is 6.54 Å². The van der Waals surface area contributed by atoms with Gasteiger partial charge in [-0.25, -0.2) is 9.67 Å². The molecule has 0 saturated carbocycles. The highest BCUT2D eigenvalue weighted by Crippen LogP contribution is 2.28. The molecule has 7 nitrogen and oxygen atoms in total. The zero-order chi connectivity index (χ0) is 22.6. The summed E-state index contributed by atoms with van der Waals surface area (Å²) in [6, 6.07) is 14.0. The molecule has 160 valence electrons. The Kier molecular flexibility index (Phi) is 4.71. The van der Waals surface area contributed by atoms with Gasteiger partial charge in [-0.05, 0) is 56.2 Å². The maximum atomic E-state index is 13.1. The first-order valence-electron chi connectivity index (χ1n) is 10.2. The fraction of sp³-hybridized carbons (Fsp3) is 0.167. The molecular weight excluding hydrogens is 426 g/mol. The van der Waals surface area contributed by atoms with Crippen molar-refractivity contribution in [3.8, 4) is 5.69 Å². The SMILES string of the molecule is Cc1c(Cl)cccc1-n1nc(C)c2c(C)cc(=O)n(Cc3cc(=O)n4ccccc4n3)c21.